The van der Waals surface area contributed by atoms with Crippen molar-refractivity contribution in [2.24, 2.45) is 0 Å². The summed E-state index contributed by atoms with van der Waals surface area (Å²) < 4.78 is 1.19. The van der Waals surface area contributed by atoms with Gasteiger partial charge in [0.25, 0.3) is 0 Å². The summed E-state index contributed by atoms with van der Waals surface area (Å²) in [5.41, 5.74) is 3.23. The first-order chi connectivity index (χ1) is 15.8. The number of hydrogen-bond acceptors (Lipinski definition) is 6. The van der Waals surface area contributed by atoms with Gasteiger partial charge in [-0.1, -0.05) is 48.5 Å². The van der Waals surface area contributed by atoms with Crippen molar-refractivity contribution in [2.75, 3.05) is 13.1 Å². The van der Waals surface area contributed by atoms with Crippen LogP contribution in [0.25, 0.3) is 22.4 Å². The van der Waals surface area contributed by atoms with Crippen LogP contribution in [0.3, 0.4) is 0 Å². The number of likely N-dealkylation sites (tertiary alicyclic amines) is 1. The second-order valence-electron chi connectivity index (χ2n) is 8.15. The van der Waals surface area contributed by atoms with E-state index in [9.17, 15) is 4.79 Å². The maximum Gasteiger partial charge on any atom is 0.137 e. The molecule has 4 nitrogen and oxygen atoms in total. The molecule has 1 fully saturated rings. The molecule has 0 saturated carbocycles. The van der Waals surface area contributed by atoms with Gasteiger partial charge in [-0.05, 0) is 49.7 Å². The Kier molecular flexibility index (Phi) is 6.53. The molecule has 1 atom stereocenters. The minimum Gasteiger partial charge on any atom is -0.302 e. The highest BCUT2D eigenvalue weighted by Crippen LogP contribution is 2.32. The Balaban J connectivity index is 1.18. The molecule has 5 rings (SSSR count). The molecule has 0 radical (unpaired) electrons. The summed E-state index contributed by atoms with van der Waals surface area (Å²) in [7, 11) is 0. The van der Waals surface area contributed by atoms with Gasteiger partial charge in [-0.15, -0.1) is 22.7 Å². The minimum absolute atomic E-state index is 0.0998. The highest BCUT2D eigenvalue weighted by Gasteiger charge is 2.28. The van der Waals surface area contributed by atoms with E-state index in [4.69, 9.17) is 9.97 Å². The van der Waals surface area contributed by atoms with Crippen LogP contribution >= 0.6 is 22.7 Å². The summed E-state index contributed by atoms with van der Waals surface area (Å²) in [4.78, 5) is 23.8. The van der Waals surface area contributed by atoms with Crippen molar-refractivity contribution in [3.05, 3.63) is 81.2 Å². The predicted octanol–water partition coefficient (Wildman–Crippen LogP) is 5.91. The van der Waals surface area contributed by atoms with Gasteiger partial charge in [-0.3, -0.25) is 4.90 Å². The molecule has 1 aliphatic heterocycles. The van der Waals surface area contributed by atoms with Crippen LogP contribution in [-0.2, 0) is 11.2 Å². The molecular weight excluding hydrogens is 434 g/mol. The second-order valence-corrected chi connectivity index (χ2v) is 10.2. The van der Waals surface area contributed by atoms with E-state index in [-0.39, 0.29) is 6.04 Å². The van der Waals surface area contributed by atoms with E-state index in [0.29, 0.717) is 12.3 Å². The molecule has 2 aromatic heterocycles. The Morgan fingerprint density at radius 2 is 1.78 bits per heavy atom. The zero-order chi connectivity index (χ0) is 21.8. The Labute approximate surface area is 196 Å². The van der Waals surface area contributed by atoms with Crippen LogP contribution in [-0.4, -0.2) is 40.3 Å². The smallest absolute Gasteiger partial charge is 0.137 e. The van der Waals surface area contributed by atoms with Gasteiger partial charge in [0, 0.05) is 17.7 Å². The molecule has 0 aliphatic carbocycles. The number of fused-ring (bicyclic) bond motifs is 1. The van der Waals surface area contributed by atoms with Gasteiger partial charge in [0.05, 0.1) is 32.0 Å². The van der Waals surface area contributed by atoms with Crippen molar-refractivity contribution in [1.29, 1.82) is 0 Å². The monoisotopic (exact) mass is 459 g/mol. The Bertz CT molecular complexity index is 1170. The standard InChI is InChI=1S/C26H25N3OS2/c30-17-22(16-25-28-23-8-4-5-9-24(23)32-25)29-14-12-20(13-15-29)26-27-21(18-31-26)11-10-19-6-2-1-3-7-19/h1-11,17-18,20,22H,12-16H2. The van der Waals surface area contributed by atoms with E-state index in [0.717, 1.165) is 48.4 Å². The average Bonchev–Trinajstić information content (AvgIpc) is 3.49. The Morgan fingerprint density at radius 3 is 2.56 bits per heavy atom. The first-order valence-electron chi connectivity index (χ1n) is 11.0. The zero-order valence-electron chi connectivity index (χ0n) is 17.8. The topological polar surface area (TPSA) is 46.1 Å². The normalized spacial score (nSPS) is 16.6. The van der Waals surface area contributed by atoms with E-state index in [1.165, 1.54) is 15.3 Å². The number of nitrogens with zero attached hydrogens (tertiary/aromatic N) is 3. The van der Waals surface area contributed by atoms with Crippen molar-refractivity contribution >= 4 is 51.3 Å². The first kappa shape index (κ1) is 21.2. The lowest BCUT2D eigenvalue weighted by molar-refractivity contribution is -0.112. The van der Waals surface area contributed by atoms with Gasteiger partial charge in [0.15, 0.2) is 0 Å². The van der Waals surface area contributed by atoms with Gasteiger partial charge >= 0.3 is 0 Å². The van der Waals surface area contributed by atoms with E-state index in [1.807, 2.05) is 36.4 Å². The number of aromatic nitrogens is 2. The van der Waals surface area contributed by atoms with Crippen LogP contribution in [0.1, 0.15) is 40.0 Å². The summed E-state index contributed by atoms with van der Waals surface area (Å²) in [5.74, 6) is 0.477. The lowest BCUT2D eigenvalue weighted by Crippen LogP contribution is -2.43. The molecule has 6 heteroatoms. The zero-order valence-corrected chi connectivity index (χ0v) is 19.4. The van der Waals surface area contributed by atoms with Crippen molar-refractivity contribution in [3.8, 4) is 0 Å². The number of carbonyl (C=O) groups excluding carboxylic acids is 1. The summed E-state index contributed by atoms with van der Waals surface area (Å²) in [6.07, 6.45) is 8.07. The van der Waals surface area contributed by atoms with E-state index >= 15 is 0 Å². The van der Waals surface area contributed by atoms with Crippen LogP contribution in [0.2, 0.25) is 0 Å². The highest BCUT2D eigenvalue weighted by molar-refractivity contribution is 7.18. The maximum atomic E-state index is 11.9. The predicted molar refractivity (Wildman–Crippen MR) is 134 cm³/mol. The fourth-order valence-electron chi connectivity index (χ4n) is 4.24. The fourth-order valence-corrected chi connectivity index (χ4v) is 6.21. The van der Waals surface area contributed by atoms with Gasteiger partial charge in [0.1, 0.15) is 6.29 Å². The van der Waals surface area contributed by atoms with Crippen LogP contribution in [0, 0.1) is 0 Å². The third kappa shape index (κ3) is 4.88. The lowest BCUT2D eigenvalue weighted by Gasteiger charge is -2.34. The summed E-state index contributed by atoms with van der Waals surface area (Å²) >= 11 is 3.45. The SMILES string of the molecule is O=CC(Cc1nc2ccccc2s1)N1CCC(c2nc(C=Cc3ccccc3)cs2)CC1. The number of thiazole rings is 2. The fraction of sp³-hybridized carbons (Fsp3) is 0.269. The highest BCUT2D eigenvalue weighted by atomic mass is 32.1. The number of para-hydroxylation sites is 1. The van der Waals surface area contributed by atoms with Crippen LogP contribution in [0.15, 0.2) is 60.0 Å². The van der Waals surface area contributed by atoms with Gasteiger partial charge in [-0.2, -0.15) is 0 Å². The molecule has 1 saturated heterocycles. The molecular formula is C26H25N3OS2. The molecule has 0 bridgehead atoms. The average molecular weight is 460 g/mol. The number of benzene rings is 2. The number of rotatable bonds is 7. The number of hydrogen-bond donors (Lipinski definition) is 0. The Morgan fingerprint density at radius 1 is 1.00 bits per heavy atom. The van der Waals surface area contributed by atoms with Crippen LogP contribution < -0.4 is 0 Å². The molecule has 0 amide bonds. The van der Waals surface area contributed by atoms with E-state index in [2.05, 4.69) is 40.6 Å². The molecule has 4 aromatic rings. The number of aldehydes is 1. The van der Waals surface area contributed by atoms with Crippen molar-refractivity contribution in [2.45, 2.75) is 31.2 Å². The van der Waals surface area contributed by atoms with Crippen LogP contribution in [0.5, 0.6) is 0 Å². The van der Waals surface area contributed by atoms with E-state index < -0.39 is 0 Å². The largest absolute Gasteiger partial charge is 0.302 e. The summed E-state index contributed by atoms with van der Waals surface area (Å²) in [6, 6.07) is 18.4. The summed E-state index contributed by atoms with van der Waals surface area (Å²) in [6.45, 7) is 1.85. The Hall–Kier alpha value is -2.67. The van der Waals surface area contributed by atoms with Crippen molar-refractivity contribution in [1.82, 2.24) is 14.9 Å². The molecule has 2 aromatic carbocycles. The number of piperidine rings is 1. The molecule has 1 unspecified atom stereocenters. The first-order valence-corrected chi connectivity index (χ1v) is 12.7. The maximum absolute atomic E-state index is 11.9. The van der Waals surface area contributed by atoms with Gasteiger partial charge in [0.2, 0.25) is 0 Å². The van der Waals surface area contributed by atoms with Gasteiger partial charge < -0.3 is 4.79 Å². The second kappa shape index (κ2) is 9.86. The number of carbonyl (C=O) groups is 1. The van der Waals surface area contributed by atoms with Crippen molar-refractivity contribution in [3.63, 3.8) is 0 Å². The molecule has 1 aliphatic rings. The molecule has 3 heterocycles. The molecule has 32 heavy (non-hydrogen) atoms. The molecule has 162 valence electrons. The molecule has 0 spiro atoms. The minimum atomic E-state index is -0.0998. The third-order valence-corrected chi connectivity index (χ3v) is 8.10. The quantitative estimate of drug-likeness (QED) is 0.322. The lowest BCUT2D eigenvalue weighted by atomic mass is 9.96. The van der Waals surface area contributed by atoms with Crippen LogP contribution in [0.4, 0.5) is 0 Å². The third-order valence-electron chi connectivity index (χ3n) is 6.01. The van der Waals surface area contributed by atoms with E-state index in [1.54, 1.807) is 22.7 Å². The van der Waals surface area contributed by atoms with Gasteiger partial charge in [-0.25, -0.2) is 9.97 Å². The molecule has 0 N–H and O–H groups in total. The van der Waals surface area contributed by atoms with Crippen molar-refractivity contribution < 1.29 is 4.79 Å². The summed E-state index contributed by atoms with van der Waals surface area (Å²) in [5, 5.41) is 4.40.